The third-order valence-corrected chi connectivity index (χ3v) is 8.90. The topological polar surface area (TPSA) is 36.4 Å². The Labute approximate surface area is 258 Å². The SMILES string of the molecule is C1=CNCC(c2cccc(C3=CNC(c4ccccc4)=NC3C3=CCCC(c4cc5ccccc5c5ccccc45)=C3)c2)=C1. The molecule has 2 heterocycles. The maximum absolute atomic E-state index is 5.40. The monoisotopic (exact) mass is 567 g/mol. The van der Waals surface area contributed by atoms with Crippen molar-refractivity contribution in [3.05, 3.63) is 174 Å². The van der Waals surface area contributed by atoms with Gasteiger partial charge in [-0.05, 0) is 92.2 Å². The van der Waals surface area contributed by atoms with Gasteiger partial charge in [0.25, 0.3) is 0 Å². The fourth-order valence-corrected chi connectivity index (χ4v) is 6.72. The van der Waals surface area contributed by atoms with Gasteiger partial charge in [-0.1, -0.05) is 115 Å². The van der Waals surface area contributed by atoms with Gasteiger partial charge in [-0.3, -0.25) is 4.99 Å². The number of nitrogens with one attached hydrogen (secondary N) is 2. The number of nitrogens with zero attached hydrogens (tertiary/aromatic N) is 1. The molecule has 5 aromatic rings. The predicted molar refractivity (Wildman–Crippen MR) is 186 cm³/mol. The van der Waals surface area contributed by atoms with Gasteiger partial charge in [0.15, 0.2) is 0 Å². The number of hydrogen-bond donors (Lipinski definition) is 2. The molecule has 0 saturated heterocycles. The molecule has 3 nitrogen and oxygen atoms in total. The van der Waals surface area contributed by atoms with Crippen molar-refractivity contribution in [3.63, 3.8) is 0 Å². The zero-order chi connectivity index (χ0) is 29.3. The predicted octanol–water partition coefficient (Wildman–Crippen LogP) is 9.06. The van der Waals surface area contributed by atoms with Crippen LogP contribution in [0.25, 0.3) is 38.3 Å². The zero-order valence-electron chi connectivity index (χ0n) is 24.5. The summed E-state index contributed by atoms with van der Waals surface area (Å²) in [5.41, 5.74) is 9.91. The van der Waals surface area contributed by atoms with E-state index in [0.717, 1.165) is 30.8 Å². The lowest BCUT2D eigenvalue weighted by Crippen LogP contribution is -2.29. The van der Waals surface area contributed by atoms with E-state index in [0.29, 0.717) is 0 Å². The van der Waals surface area contributed by atoms with E-state index in [9.17, 15) is 0 Å². The molecule has 0 amide bonds. The highest BCUT2D eigenvalue weighted by molar-refractivity contribution is 6.12. The van der Waals surface area contributed by atoms with Crippen LogP contribution in [0.4, 0.5) is 0 Å². The standard InChI is InChI=1S/C41H33N3/c1-2-11-28(12-3-1)41-43-27-39(31-16-8-14-29(23-31)34-18-10-22-42-26-34)40(44-41)33-17-9-15-30(24-33)38-25-32-13-4-5-19-35(32)36-20-6-7-21-37(36)38/h1-8,10-14,16-25,27,40,42H,9,15,26H2,(H,43,44). The van der Waals surface area contributed by atoms with E-state index < -0.39 is 0 Å². The first-order valence-electron chi connectivity index (χ1n) is 15.4. The van der Waals surface area contributed by atoms with E-state index in [1.807, 2.05) is 12.3 Å². The molecular formula is C41H33N3. The third-order valence-electron chi connectivity index (χ3n) is 8.90. The Morgan fingerprint density at radius 3 is 2.32 bits per heavy atom. The van der Waals surface area contributed by atoms with Crippen molar-refractivity contribution in [3.8, 4) is 0 Å². The molecule has 3 heteroatoms. The molecule has 1 unspecified atom stereocenters. The Morgan fingerprint density at radius 1 is 0.682 bits per heavy atom. The largest absolute Gasteiger partial charge is 0.387 e. The van der Waals surface area contributed by atoms with Gasteiger partial charge in [-0.25, -0.2) is 0 Å². The second kappa shape index (κ2) is 11.3. The minimum absolute atomic E-state index is 0.123. The lowest BCUT2D eigenvalue weighted by molar-refractivity contribution is 0.916. The van der Waals surface area contributed by atoms with Gasteiger partial charge in [0, 0.05) is 23.9 Å². The lowest BCUT2D eigenvalue weighted by Gasteiger charge is -2.28. The van der Waals surface area contributed by atoms with Crippen LogP contribution >= 0.6 is 0 Å². The van der Waals surface area contributed by atoms with Crippen molar-refractivity contribution in [2.24, 2.45) is 4.99 Å². The summed E-state index contributed by atoms with van der Waals surface area (Å²) in [6, 6.07) is 39.1. The minimum atomic E-state index is -0.123. The van der Waals surface area contributed by atoms with Gasteiger partial charge in [-0.15, -0.1) is 0 Å². The molecule has 44 heavy (non-hydrogen) atoms. The molecule has 0 aromatic heterocycles. The quantitative estimate of drug-likeness (QED) is 0.208. The van der Waals surface area contributed by atoms with Gasteiger partial charge in [-0.2, -0.15) is 0 Å². The van der Waals surface area contributed by atoms with Gasteiger partial charge in [0.1, 0.15) is 11.9 Å². The first-order chi connectivity index (χ1) is 21.8. The number of amidine groups is 1. The minimum Gasteiger partial charge on any atom is -0.387 e. The molecule has 0 radical (unpaired) electrons. The number of rotatable bonds is 5. The number of hydrogen-bond acceptors (Lipinski definition) is 3. The van der Waals surface area contributed by atoms with Crippen LogP contribution in [0.3, 0.4) is 0 Å². The second-order valence-corrected chi connectivity index (χ2v) is 11.6. The average Bonchev–Trinajstić information content (AvgIpc) is 3.12. The Kier molecular flexibility index (Phi) is 6.77. The van der Waals surface area contributed by atoms with E-state index in [-0.39, 0.29) is 6.04 Å². The van der Waals surface area contributed by atoms with E-state index in [2.05, 4.69) is 144 Å². The van der Waals surface area contributed by atoms with Crippen LogP contribution in [-0.4, -0.2) is 18.4 Å². The van der Waals surface area contributed by atoms with Crippen molar-refractivity contribution in [1.29, 1.82) is 0 Å². The van der Waals surface area contributed by atoms with Crippen LogP contribution in [-0.2, 0) is 0 Å². The van der Waals surface area contributed by atoms with Gasteiger partial charge < -0.3 is 10.6 Å². The normalized spacial score (nSPS) is 18.0. The summed E-state index contributed by atoms with van der Waals surface area (Å²) in [4.78, 5) is 5.40. The van der Waals surface area contributed by atoms with Crippen molar-refractivity contribution in [2.45, 2.75) is 18.9 Å². The van der Waals surface area contributed by atoms with Crippen LogP contribution in [0, 0.1) is 0 Å². The molecule has 1 aliphatic carbocycles. The molecule has 0 saturated carbocycles. The number of benzene rings is 5. The Bertz CT molecular complexity index is 2090. The number of allylic oxidation sites excluding steroid dienone is 4. The highest BCUT2D eigenvalue weighted by atomic mass is 15.0. The fourth-order valence-electron chi connectivity index (χ4n) is 6.72. The maximum atomic E-state index is 5.40. The third kappa shape index (κ3) is 4.87. The molecule has 2 aliphatic heterocycles. The molecular weight excluding hydrogens is 534 g/mol. The molecule has 0 bridgehead atoms. The van der Waals surface area contributed by atoms with Crippen molar-refractivity contribution < 1.29 is 0 Å². The van der Waals surface area contributed by atoms with E-state index in [1.54, 1.807) is 0 Å². The molecule has 0 spiro atoms. The summed E-state index contributed by atoms with van der Waals surface area (Å²) in [5.74, 6) is 0.900. The van der Waals surface area contributed by atoms with E-state index in [4.69, 9.17) is 4.99 Å². The highest BCUT2D eigenvalue weighted by Crippen LogP contribution is 2.39. The molecule has 0 fully saturated rings. The smallest absolute Gasteiger partial charge is 0.133 e. The Balaban J connectivity index is 1.24. The van der Waals surface area contributed by atoms with Crippen LogP contribution in [0.15, 0.2) is 156 Å². The van der Waals surface area contributed by atoms with Crippen LogP contribution in [0.1, 0.15) is 35.1 Å². The highest BCUT2D eigenvalue weighted by Gasteiger charge is 2.26. The number of dihydropyridines is 1. The van der Waals surface area contributed by atoms with Gasteiger partial charge >= 0.3 is 0 Å². The molecule has 5 aromatic carbocycles. The van der Waals surface area contributed by atoms with Crippen LogP contribution in [0.5, 0.6) is 0 Å². The summed E-state index contributed by atoms with van der Waals surface area (Å²) in [6.07, 6.45) is 15.2. The fraction of sp³-hybridized carbons (Fsp3) is 0.0976. The lowest BCUT2D eigenvalue weighted by atomic mass is 9.84. The molecule has 8 rings (SSSR count). The summed E-state index contributed by atoms with van der Waals surface area (Å²) in [5, 5.41) is 12.1. The van der Waals surface area contributed by atoms with Crippen LogP contribution in [0.2, 0.25) is 0 Å². The molecule has 1 atom stereocenters. The van der Waals surface area contributed by atoms with Crippen molar-refractivity contribution >= 4 is 44.1 Å². The average molecular weight is 568 g/mol. The molecule has 2 N–H and O–H groups in total. The summed E-state index contributed by atoms with van der Waals surface area (Å²) in [6.45, 7) is 0.827. The summed E-state index contributed by atoms with van der Waals surface area (Å²) >= 11 is 0. The molecule has 212 valence electrons. The van der Waals surface area contributed by atoms with Crippen molar-refractivity contribution in [1.82, 2.24) is 10.6 Å². The Hall–Kier alpha value is -5.41. The second-order valence-electron chi connectivity index (χ2n) is 11.6. The van der Waals surface area contributed by atoms with Crippen LogP contribution < -0.4 is 10.6 Å². The van der Waals surface area contributed by atoms with Gasteiger partial charge in [0.2, 0.25) is 0 Å². The maximum Gasteiger partial charge on any atom is 0.133 e. The zero-order valence-corrected chi connectivity index (χ0v) is 24.5. The number of fused-ring (bicyclic) bond motifs is 3. The first-order valence-corrected chi connectivity index (χ1v) is 15.4. The molecule has 3 aliphatic rings. The summed E-state index contributed by atoms with van der Waals surface area (Å²) in [7, 11) is 0. The number of aliphatic imine (C=N–C) groups is 1. The van der Waals surface area contributed by atoms with Crippen molar-refractivity contribution in [2.75, 3.05) is 6.54 Å². The Morgan fingerprint density at radius 2 is 1.45 bits per heavy atom. The van der Waals surface area contributed by atoms with E-state index in [1.165, 1.54) is 60.5 Å². The van der Waals surface area contributed by atoms with E-state index >= 15 is 0 Å². The summed E-state index contributed by atoms with van der Waals surface area (Å²) < 4.78 is 0. The van der Waals surface area contributed by atoms with Gasteiger partial charge in [0.05, 0.1) is 0 Å². The first kappa shape index (κ1) is 26.2.